The van der Waals surface area contributed by atoms with Crippen molar-refractivity contribution in [2.75, 3.05) is 0 Å². The summed E-state index contributed by atoms with van der Waals surface area (Å²) < 4.78 is 0. The smallest absolute Gasteiger partial charge is 0.0656 e. The fourth-order valence-corrected chi connectivity index (χ4v) is 11.4. The Labute approximate surface area is 223 Å². The average molecular weight is 505 g/mol. The number of aliphatic hydroxyl groups is 3. The standard InChI is InChI=1S/C33H60O3/c1-10-19(2)12-11-13-24-15-14-20(3)27-25(24)17-31(7)18-32(8)16-21(4)26(23(6)34)30(36)33(32,9)22(5)28(31)29(27)35/h19-30,34-36H,10-18H2,1-9H3. The van der Waals surface area contributed by atoms with E-state index in [1.54, 1.807) is 0 Å². The largest absolute Gasteiger partial charge is 0.393 e. The van der Waals surface area contributed by atoms with Crippen molar-refractivity contribution in [3.05, 3.63) is 0 Å². The predicted octanol–water partition coefficient (Wildman–Crippen LogP) is 7.32. The van der Waals surface area contributed by atoms with Gasteiger partial charge in [-0.05, 0) is 90.8 Å². The van der Waals surface area contributed by atoms with Crippen molar-refractivity contribution in [1.82, 2.24) is 0 Å². The molecule has 0 radical (unpaired) electrons. The van der Waals surface area contributed by atoms with Crippen LogP contribution in [0.15, 0.2) is 0 Å². The lowest BCUT2D eigenvalue weighted by molar-refractivity contribution is -0.279. The molecule has 0 aliphatic heterocycles. The van der Waals surface area contributed by atoms with E-state index in [4.69, 9.17) is 0 Å². The van der Waals surface area contributed by atoms with Crippen molar-refractivity contribution in [3.63, 3.8) is 0 Å². The summed E-state index contributed by atoms with van der Waals surface area (Å²) in [6, 6.07) is 0. The number of hydrogen-bond donors (Lipinski definition) is 3. The molecule has 15 unspecified atom stereocenters. The van der Waals surface area contributed by atoms with Gasteiger partial charge in [-0.15, -0.1) is 0 Å². The van der Waals surface area contributed by atoms with Gasteiger partial charge < -0.3 is 15.3 Å². The lowest BCUT2D eigenvalue weighted by atomic mass is 9.34. The first-order valence-electron chi connectivity index (χ1n) is 15.8. The first-order valence-corrected chi connectivity index (χ1v) is 15.8. The van der Waals surface area contributed by atoms with Crippen LogP contribution in [0.3, 0.4) is 0 Å². The lowest BCUT2D eigenvalue weighted by Crippen LogP contribution is -2.70. The molecule has 4 aliphatic carbocycles. The topological polar surface area (TPSA) is 60.7 Å². The molecule has 4 rings (SSSR count). The van der Waals surface area contributed by atoms with Crippen LogP contribution in [-0.2, 0) is 0 Å². The normalized spacial score (nSPS) is 54.7. The second kappa shape index (κ2) is 10.1. The van der Waals surface area contributed by atoms with Gasteiger partial charge in [-0.25, -0.2) is 0 Å². The van der Waals surface area contributed by atoms with Gasteiger partial charge in [0.25, 0.3) is 0 Å². The summed E-state index contributed by atoms with van der Waals surface area (Å²) in [5, 5.41) is 34.8. The van der Waals surface area contributed by atoms with E-state index >= 15 is 0 Å². The third-order valence-corrected chi connectivity index (χ3v) is 13.5. The molecule has 3 N–H and O–H groups in total. The predicted molar refractivity (Wildman–Crippen MR) is 149 cm³/mol. The van der Waals surface area contributed by atoms with Crippen molar-refractivity contribution in [3.8, 4) is 0 Å². The molecule has 4 aliphatic rings. The third-order valence-electron chi connectivity index (χ3n) is 13.5. The van der Waals surface area contributed by atoms with Gasteiger partial charge in [-0.2, -0.15) is 0 Å². The summed E-state index contributed by atoms with van der Waals surface area (Å²) in [5.41, 5.74) is -0.176. The molecule has 0 saturated heterocycles. The molecule has 0 aromatic carbocycles. The van der Waals surface area contributed by atoms with Gasteiger partial charge in [0.15, 0.2) is 0 Å². The van der Waals surface area contributed by atoms with E-state index in [1.165, 1.54) is 44.9 Å². The van der Waals surface area contributed by atoms with Gasteiger partial charge in [-0.3, -0.25) is 0 Å². The molecular formula is C33H60O3. The zero-order valence-corrected chi connectivity index (χ0v) is 25.1. The van der Waals surface area contributed by atoms with Gasteiger partial charge in [0.2, 0.25) is 0 Å². The highest BCUT2D eigenvalue weighted by Crippen LogP contribution is 2.73. The maximum Gasteiger partial charge on any atom is 0.0656 e. The second-order valence-electron chi connectivity index (χ2n) is 15.6. The quantitative estimate of drug-likeness (QED) is 0.355. The van der Waals surface area contributed by atoms with Crippen LogP contribution in [0.1, 0.15) is 120 Å². The zero-order valence-electron chi connectivity index (χ0n) is 25.1. The van der Waals surface area contributed by atoms with Crippen LogP contribution in [0.5, 0.6) is 0 Å². The minimum absolute atomic E-state index is 0.0147. The van der Waals surface area contributed by atoms with Crippen molar-refractivity contribution in [2.24, 2.45) is 69.5 Å². The van der Waals surface area contributed by atoms with E-state index in [2.05, 4.69) is 55.4 Å². The maximum atomic E-state index is 12.2. The number of rotatable bonds is 6. The van der Waals surface area contributed by atoms with E-state index in [1.807, 2.05) is 6.92 Å². The van der Waals surface area contributed by atoms with E-state index in [0.29, 0.717) is 23.7 Å². The average Bonchev–Trinajstić information content (AvgIpc) is 2.77. The van der Waals surface area contributed by atoms with Crippen molar-refractivity contribution in [1.29, 1.82) is 0 Å². The Balaban J connectivity index is 1.66. The molecule has 0 spiro atoms. The molecule has 0 aromatic rings. The van der Waals surface area contributed by atoms with Gasteiger partial charge in [0, 0.05) is 11.3 Å². The van der Waals surface area contributed by atoms with Gasteiger partial charge in [0.1, 0.15) is 0 Å². The summed E-state index contributed by atoms with van der Waals surface area (Å²) in [5.74, 6) is 3.84. The van der Waals surface area contributed by atoms with E-state index in [9.17, 15) is 15.3 Å². The van der Waals surface area contributed by atoms with Crippen LogP contribution in [-0.4, -0.2) is 33.6 Å². The first-order chi connectivity index (χ1) is 16.7. The monoisotopic (exact) mass is 504 g/mol. The Morgan fingerprint density at radius 3 is 2.22 bits per heavy atom. The van der Waals surface area contributed by atoms with Crippen LogP contribution < -0.4 is 0 Å². The molecule has 36 heavy (non-hydrogen) atoms. The fraction of sp³-hybridized carbons (Fsp3) is 1.00. The molecule has 15 atom stereocenters. The van der Waals surface area contributed by atoms with E-state index < -0.39 is 12.2 Å². The Hall–Kier alpha value is -0.120. The molecule has 4 fully saturated rings. The molecule has 210 valence electrons. The molecule has 0 bridgehead atoms. The Morgan fingerprint density at radius 1 is 0.944 bits per heavy atom. The second-order valence-corrected chi connectivity index (χ2v) is 15.6. The van der Waals surface area contributed by atoms with E-state index in [-0.39, 0.29) is 40.1 Å². The van der Waals surface area contributed by atoms with Crippen molar-refractivity contribution >= 4 is 0 Å². The van der Waals surface area contributed by atoms with Crippen LogP contribution >= 0.6 is 0 Å². The Kier molecular flexibility index (Phi) is 8.12. The number of hydrogen-bond acceptors (Lipinski definition) is 3. The molecular weight excluding hydrogens is 444 g/mol. The van der Waals surface area contributed by atoms with Gasteiger partial charge >= 0.3 is 0 Å². The van der Waals surface area contributed by atoms with Crippen LogP contribution in [0.2, 0.25) is 0 Å². The fourth-order valence-electron chi connectivity index (χ4n) is 11.4. The summed E-state index contributed by atoms with van der Waals surface area (Å²) in [4.78, 5) is 0. The van der Waals surface area contributed by atoms with Crippen LogP contribution in [0.4, 0.5) is 0 Å². The summed E-state index contributed by atoms with van der Waals surface area (Å²) in [6.45, 7) is 20.8. The van der Waals surface area contributed by atoms with E-state index in [0.717, 1.165) is 24.7 Å². The highest BCUT2D eigenvalue weighted by Gasteiger charge is 2.70. The minimum Gasteiger partial charge on any atom is -0.393 e. The molecule has 4 saturated carbocycles. The van der Waals surface area contributed by atoms with Gasteiger partial charge in [-0.1, -0.05) is 87.5 Å². The summed E-state index contributed by atoms with van der Waals surface area (Å²) >= 11 is 0. The maximum absolute atomic E-state index is 12.2. The number of aliphatic hydroxyl groups excluding tert-OH is 3. The molecule has 3 nitrogen and oxygen atoms in total. The highest BCUT2D eigenvalue weighted by atomic mass is 16.3. The molecule has 0 heterocycles. The van der Waals surface area contributed by atoms with Crippen molar-refractivity contribution in [2.45, 2.75) is 138 Å². The minimum atomic E-state index is -0.534. The summed E-state index contributed by atoms with van der Waals surface area (Å²) in [6.07, 6.45) is 9.96. The Bertz CT molecular complexity index is 766. The molecule has 0 amide bonds. The third kappa shape index (κ3) is 4.34. The van der Waals surface area contributed by atoms with Gasteiger partial charge in [0.05, 0.1) is 18.3 Å². The number of fused-ring (bicyclic) bond motifs is 3. The highest BCUT2D eigenvalue weighted by molar-refractivity contribution is 5.18. The SMILES string of the molecule is CCC(C)CCCC1CCC(C)C2C(O)C3C(C)C4(C)C(O)C(C(C)O)C(C)CC4(C)CC3(C)CC12. The van der Waals surface area contributed by atoms with Crippen LogP contribution in [0, 0.1) is 69.5 Å². The lowest BCUT2D eigenvalue weighted by Gasteiger charge is -2.72. The zero-order chi connectivity index (χ0) is 26.8. The summed E-state index contributed by atoms with van der Waals surface area (Å²) in [7, 11) is 0. The molecule has 3 heteroatoms. The van der Waals surface area contributed by atoms with Crippen LogP contribution in [0.25, 0.3) is 0 Å². The first kappa shape index (κ1) is 28.9. The molecule has 0 aromatic heterocycles. The Morgan fingerprint density at radius 2 is 1.61 bits per heavy atom. The van der Waals surface area contributed by atoms with Crippen molar-refractivity contribution < 1.29 is 15.3 Å².